The van der Waals surface area contributed by atoms with E-state index in [1.54, 1.807) is 30.3 Å². The fourth-order valence-electron chi connectivity index (χ4n) is 1.50. The quantitative estimate of drug-likeness (QED) is 0.588. The Bertz CT molecular complexity index is 571. The molecule has 0 N–H and O–H groups in total. The maximum atomic E-state index is 13.7. The monoisotopic (exact) mass is 244 g/mol. The van der Waals surface area contributed by atoms with E-state index in [1.807, 2.05) is 0 Å². The van der Waals surface area contributed by atoms with E-state index >= 15 is 0 Å². The minimum atomic E-state index is -0.868. The molecule has 0 saturated heterocycles. The summed E-state index contributed by atoms with van der Waals surface area (Å²) in [5.41, 5.74) is 0.728. The van der Waals surface area contributed by atoms with Gasteiger partial charge in [-0.3, -0.25) is 4.79 Å². The van der Waals surface area contributed by atoms with Gasteiger partial charge in [-0.05, 0) is 23.8 Å². The number of allylic oxidation sites excluding steroid dienone is 1. The fraction of sp³-hybridized carbons (Fsp3) is 0. The van der Waals surface area contributed by atoms with Crippen LogP contribution in [0.15, 0.2) is 60.4 Å². The maximum Gasteiger partial charge on any atom is 0.221 e. The van der Waals surface area contributed by atoms with Crippen LogP contribution >= 0.6 is 0 Å². The van der Waals surface area contributed by atoms with Crippen LogP contribution in [-0.4, -0.2) is 5.78 Å². The molecule has 0 aliphatic rings. The van der Waals surface area contributed by atoms with Crippen molar-refractivity contribution in [3.63, 3.8) is 0 Å². The highest BCUT2D eigenvalue weighted by Crippen LogP contribution is 2.14. The lowest BCUT2D eigenvalue weighted by molar-refractivity contribution is 0.101. The molecule has 0 radical (unpaired) electrons. The lowest BCUT2D eigenvalue weighted by Crippen LogP contribution is -1.98. The third-order valence-electron chi connectivity index (χ3n) is 2.42. The lowest BCUT2D eigenvalue weighted by atomic mass is 10.1. The molecule has 0 heterocycles. The molecular weight excluding hydrogens is 234 g/mol. The molecule has 2 rings (SSSR count). The zero-order valence-electron chi connectivity index (χ0n) is 9.44. The van der Waals surface area contributed by atoms with Crippen molar-refractivity contribution in [3.8, 4) is 0 Å². The van der Waals surface area contributed by atoms with Crippen molar-refractivity contribution in [2.75, 3.05) is 0 Å². The number of ketones is 1. The molecule has 0 unspecified atom stereocenters. The average Bonchev–Trinajstić information content (AvgIpc) is 2.41. The number of Topliss-reactive ketones (excluding diaryl/α,β-unsaturated/α-hetero) is 1. The van der Waals surface area contributed by atoms with Crippen LogP contribution < -0.4 is 0 Å². The van der Waals surface area contributed by atoms with Gasteiger partial charge in [-0.25, -0.2) is 8.78 Å². The van der Waals surface area contributed by atoms with Gasteiger partial charge in [-0.15, -0.1) is 0 Å². The van der Waals surface area contributed by atoms with Crippen LogP contribution in [0, 0.1) is 5.82 Å². The second-order valence-corrected chi connectivity index (χ2v) is 3.74. The third kappa shape index (κ3) is 2.88. The highest BCUT2D eigenvalue weighted by Gasteiger charge is 2.11. The molecule has 3 heteroatoms. The topological polar surface area (TPSA) is 17.1 Å². The van der Waals surface area contributed by atoms with Crippen molar-refractivity contribution in [1.29, 1.82) is 0 Å². The van der Waals surface area contributed by atoms with Gasteiger partial charge in [0.1, 0.15) is 5.82 Å². The number of benzene rings is 2. The van der Waals surface area contributed by atoms with Gasteiger partial charge in [0.05, 0.1) is 0 Å². The summed E-state index contributed by atoms with van der Waals surface area (Å²) in [6, 6.07) is 13.4. The van der Waals surface area contributed by atoms with Crippen LogP contribution in [0.1, 0.15) is 15.9 Å². The molecule has 0 aliphatic heterocycles. The Labute approximate surface area is 103 Å². The zero-order valence-corrected chi connectivity index (χ0v) is 9.44. The molecule has 2 aromatic carbocycles. The van der Waals surface area contributed by atoms with Gasteiger partial charge in [0.2, 0.25) is 5.78 Å². The molecular formula is C15H10F2O. The van der Waals surface area contributed by atoms with E-state index in [9.17, 15) is 13.6 Å². The van der Waals surface area contributed by atoms with Crippen LogP contribution in [0.3, 0.4) is 0 Å². The van der Waals surface area contributed by atoms with E-state index in [4.69, 9.17) is 0 Å². The Kier molecular flexibility index (Phi) is 3.63. The molecule has 0 saturated carbocycles. The standard InChI is InChI=1S/C15H10F2O/c16-13-8-6-11(7-9-13)10-14(17)15(18)12-4-2-1-3-5-12/h1-10H/b14-10+. The Morgan fingerprint density at radius 3 is 2.17 bits per heavy atom. The molecule has 90 valence electrons. The molecule has 1 nitrogen and oxygen atoms in total. The van der Waals surface area contributed by atoms with Crippen molar-refractivity contribution in [2.24, 2.45) is 0 Å². The Balaban J connectivity index is 2.23. The van der Waals surface area contributed by atoms with E-state index < -0.39 is 17.4 Å². The van der Waals surface area contributed by atoms with Gasteiger partial charge in [-0.1, -0.05) is 42.5 Å². The molecule has 0 amide bonds. The normalized spacial score (nSPS) is 11.3. The van der Waals surface area contributed by atoms with Crippen molar-refractivity contribution in [3.05, 3.63) is 77.4 Å². The molecule has 0 fully saturated rings. The number of rotatable bonds is 3. The van der Waals surface area contributed by atoms with Crippen LogP contribution in [0.25, 0.3) is 6.08 Å². The largest absolute Gasteiger partial charge is 0.286 e. The maximum absolute atomic E-state index is 13.7. The molecule has 0 atom stereocenters. The first kappa shape index (κ1) is 12.2. The second kappa shape index (κ2) is 5.36. The smallest absolute Gasteiger partial charge is 0.221 e. The summed E-state index contributed by atoms with van der Waals surface area (Å²) in [4.78, 5) is 11.7. The molecule has 0 bridgehead atoms. The summed E-state index contributed by atoms with van der Waals surface area (Å²) in [6.07, 6.45) is 1.09. The molecule has 0 spiro atoms. The van der Waals surface area contributed by atoms with Crippen molar-refractivity contribution in [1.82, 2.24) is 0 Å². The van der Waals surface area contributed by atoms with E-state index in [2.05, 4.69) is 0 Å². The molecule has 0 aliphatic carbocycles. The van der Waals surface area contributed by atoms with Gasteiger partial charge in [0.25, 0.3) is 0 Å². The first-order valence-electron chi connectivity index (χ1n) is 5.39. The van der Waals surface area contributed by atoms with Crippen LogP contribution in [0.5, 0.6) is 0 Å². The van der Waals surface area contributed by atoms with Gasteiger partial charge < -0.3 is 0 Å². The molecule has 18 heavy (non-hydrogen) atoms. The van der Waals surface area contributed by atoms with Crippen molar-refractivity contribution in [2.45, 2.75) is 0 Å². The zero-order chi connectivity index (χ0) is 13.0. The van der Waals surface area contributed by atoms with Crippen molar-refractivity contribution >= 4 is 11.9 Å². The van der Waals surface area contributed by atoms with E-state index in [-0.39, 0.29) is 5.56 Å². The predicted molar refractivity (Wildman–Crippen MR) is 66.3 cm³/mol. The fourth-order valence-corrected chi connectivity index (χ4v) is 1.50. The van der Waals surface area contributed by atoms with Gasteiger partial charge in [-0.2, -0.15) is 0 Å². The summed E-state index contributed by atoms with van der Waals surface area (Å²) >= 11 is 0. The first-order valence-corrected chi connectivity index (χ1v) is 5.39. The summed E-state index contributed by atoms with van der Waals surface area (Å²) in [6.45, 7) is 0. The lowest BCUT2D eigenvalue weighted by Gasteiger charge is -1.98. The Morgan fingerprint density at radius 1 is 0.944 bits per heavy atom. The molecule has 2 aromatic rings. The number of carbonyl (C=O) groups excluding carboxylic acids is 1. The number of hydrogen-bond donors (Lipinski definition) is 0. The number of halogens is 2. The van der Waals surface area contributed by atoms with Gasteiger partial charge in [0.15, 0.2) is 5.83 Å². The third-order valence-corrected chi connectivity index (χ3v) is 2.42. The number of hydrogen-bond acceptors (Lipinski definition) is 1. The Morgan fingerprint density at radius 2 is 1.56 bits per heavy atom. The summed E-state index contributed by atoms with van der Waals surface area (Å²) in [5.74, 6) is -1.95. The summed E-state index contributed by atoms with van der Waals surface area (Å²) in [7, 11) is 0. The van der Waals surface area contributed by atoms with Crippen LogP contribution in [-0.2, 0) is 0 Å². The minimum absolute atomic E-state index is 0.286. The highest BCUT2D eigenvalue weighted by atomic mass is 19.1. The van der Waals surface area contributed by atoms with Gasteiger partial charge in [0, 0.05) is 5.56 Å². The van der Waals surface area contributed by atoms with Crippen LogP contribution in [0.4, 0.5) is 8.78 Å². The van der Waals surface area contributed by atoms with E-state index in [0.717, 1.165) is 6.08 Å². The SMILES string of the molecule is O=C(/C(F)=C\c1ccc(F)cc1)c1ccccc1. The summed E-state index contributed by atoms with van der Waals surface area (Å²) in [5, 5.41) is 0. The first-order chi connectivity index (χ1) is 8.66. The second-order valence-electron chi connectivity index (χ2n) is 3.74. The summed E-state index contributed by atoms with van der Waals surface area (Å²) < 4.78 is 26.4. The van der Waals surface area contributed by atoms with E-state index in [1.165, 1.54) is 24.3 Å². The predicted octanol–water partition coefficient (Wildman–Crippen LogP) is 4.02. The molecule has 0 aromatic heterocycles. The average molecular weight is 244 g/mol. The number of carbonyl (C=O) groups is 1. The van der Waals surface area contributed by atoms with E-state index in [0.29, 0.717) is 5.56 Å². The highest BCUT2D eigenvalue weighted by molar-refractivity contribution is 6.09. The van der Waals surface area contributed by atoms with Crippen molar-refractivity contribution < 1.29 is 13.6 Å². The Hall–Kier alpha value is -2.29. The van der Waals surface area contributed by atoms with Crippen LogP contribution in [0.2, 0.25) is 0 Å². The van der Waals surface area contributed by atoms with Gasteiger partial charge >= 0.3 is 0 Å². The minimum Gasteiger partial charge on any atom is -0.286 e.